The molecule has 0 aliphatic carbocycles. The fourth-order valence-corrected chi connectivity index (χ4v) is 2.79. The Balaban J connectivity index is 0.00000312. The highest BCUT2D eigenvalue weighted by molar-refractivity contribution is 5.85. The molecule has 1 aromatic rings. The second-order valence-electron chi connectivity index (χ2n) is 7.16. The smallest absolute Gasteiger partial charge is 0.407 e. The first-order valence-electron chi connectivity index (χ1n) is 8.25. The van der Waals surface area contributed by atoms with Gasteiger partial charge in [-0.05, 0) is 39.2 Å². The second kappa shape index (κ2) is 9.06. The van der Waals surface area contributed by atoms with Crippen molar-refractivity contribution < 1.29 is 19.4 Å². The maximum Gasteiger partial charge on any atom is 0.407 e. The molecule has 2 rings (SSSR count). The van der Waals surface area contributed by atoms with Gasteiger partial charge >= 0.3 is 12.1 Å². The van der Waals surface area contributed by atoms with E-state index in [1.165, 1.54) is 4.90 Å². The fraction of sp³-hybridized carbons (Fsp3) is 0.556. The summed E-state index contributed by atoms with van der Waals surface area (Å²) in [6, 6.07) is 9.20. The molecule has 0 bridgehead atoms. The highest BCUT2D eigenvalue weighted by Gasteiger charge is 2.32. The van der Waals surface area contributed by atoms with Crippen molar-refractivity contribution in [1.29, 1.82) is 0 Å². The Hall–Kier alpha value is -1.79. The third-order valence-corrected chi connectivity index (χ3v) is 3.87. The zero-order valence-electron chi connectivity index (χ0n) is 14.9. The summed E-state index contributed by atoms with van der Waals surface area (Å²) in [4.78, 5) is 25.0. The second-order valence-corrected chi connectivity index (χ2v) is 7.16. The highest BCUT2D eigenvalue weighted by atomic mass is 35.5. The molecule has 7 heteroatoms. The number of nitrogens with zero attached hydrogens (tertiary/aromatic N) is 1. The van der Waals surface area contributed by atoms with Crippen LogP contribution < -0.4 is 5.32 Å². The Labute approximate surface area is 154 Å². The highest BCUT2D eigenvalue weighted by Crippen LogP contribution is 2.15. The average molecular weight is 371 g/mol. The summed E-state index contributed by atoms with van der Waals surface area (Å²) in [6.07, 6.45) is 0.288. The number of benzene rings is 1. The third kappa shape index (κ3) is 6.92. The van der Waals surface area contributed by atoms with Gasteiger partial charge in [-0.15, -0.1) is 12.4 Å². The summed E-state index contributed by atoms with van der Waals surface area (Å²) in [7, 11) is 0. The monoisotopic (exact) mass is 370 g/mol. The van der Waals surface area contributed by atoms with Gasteiger partial charge in [-0.1, -0.05) is 30.3 Å². The summed E-state index contributed by atoms with van der Waals surface area (Å²) in [5, 5.41) is 12.4. The predicted octanol–water partition coefficient (Wildman–Crippen LogP) is 2.70. The van der Waals surface area contributed by atoms with Crippen LogP contribution in [0.15, 0.2) is 30.3 Å². The number of ether oxygens (including phenoxy) is 1. The molecule has 0 aromatic heterocycles. The van der Waals surface area contributed by atoms with Gasteiger partial charge in [0.2, 0.25) is 0 Å². The van der Waals surface area contributed by atoms with Crippen molar-refractivity contribution >= 4 is 24.5 Å². The van der Waals surface area contributed by atoms with Crippen LogP contribution in [0, 0.1) is 0 Å². The predicted molar refractivity (Wildman–Crippen MR) is 98.2 cm³/mol. The first-order valence-corrected chi connectivity index (χ1v) is 8.25. The van der Waals surface area contributed by atoms with E-state index in [2.05, 4.69) is 5.32 Å². The molecule has 1 aromatic carbocycles. The van der Waals surface area contributed by atoms with Crippen molar-refractivity contribution in [2.75, 3.05) is 13.1 Å². The summed E-state index contributed by atoms with van der Waals surface area (Å²) < 4.78 is 5.53. The molecule has 1 unspecified atom stereocenters. The van der Waals surface area contributed by atoms with Crippen LogP contribution in [0.2, 0.25) is 0 Å². The number of hydrogen-bond acceptors (Lipinski definition) is 4. The van der Waals surface area contributed by atoms with Gasteiger partial charge in [0.05, 0.1) is 0 Å². The molecule has 2 N–H and O–H groups in total. The zero-order valence-corrected chi connectivity index (χ0v) is 15.7. The average Bonchev–Trinajstić information content (AvgIpc) is 2.95. The molecule has 1 fully saturated rings. The van der Waals surface area contributed by atoms with Crippen LogP contribution in [-0.4, -0.2) is 52.8 Å². The minimum atomic E-state index is -0.920. The molecule has 1 heterocycles. The molecular weight excluding hydrogens is 344 g/mol. The number of carbonyl (C=O) groups is 2. The molecule has 1 aliphatic heterocycles. The van der Waals surface area contributed by atoms with E-state index in [1.807, 2.05) is 51.1 Å². The molecule has 140 valence electrons. The Morgan fingerprint density at radius 1 is 1.32 bits per heavy atom. The maximum absolute atomic E-state index is 12.6. The van der Waals surface area contributed by atoms with Gasteiger partial charge in [0, 0.05) is 19.1 Å². The van der Waals surface area contributed by atoms with E-state index in [0.717, 1.165) is 5.56 Å². The Kier molecular flexibility index (Phi) is 7.70. The van der Waals surface area contributed by atoms with Crippen molar-refractivity contribution in [3.63, 3.8) is 0 Å². The van der Waals surface area contributed by atoms with E-state index in [4.69, 9.17) is 9.84 Å². The van der Waals surface area contributed by atoms with Gasteiger partial charge in [0.1, 0.15) is 11.6 Å². The number of hydrogen-bond donors (Lipinski definition) is 2. The molecular formula is C18H27ClN2O4. The molecule has 2 atom stereocenters. The number of carbonyl (C=O) groups excluding carboxylic acids is 1. The minimum Gasteiger partial charge on any atom is -0.465 e. The summed E-state index contributed by atoms with van der Waals surface area (Å²) in [5.41, 5.74) is 0.477. The number of likely N-dealkylation sites (tertiary alicyclic amines) is 1. The van der Waals surface area contributed by atoms with Gasteiger partial charge in [-0.2, -0.15) is 0 Å². The maximum atomic E-state index is 12.6. The van der Waals surface area contributed by atoms with E-state index in [9.17, 15) is 9.59 Å². The third-order valence-electron chi connectivity index (χ3n) is 3.87. The number of rotatable bonds is 5. The molecule has 6 nitrogen and oxygen atoms in total. The zero-order chi connectivity index (χ0) is 17.7. The van der Waals surface area contributed by atoms with Crippen LogP contribution in [0.1, 0.15) is 32.8 Å². The number of carboxylic acid groups (broad SMARTS) is 1. The topological polar surface area (TPSA) is 78.9 Å². The largest absolute Gasteiger partial charge is 0.465 e. The van der Waals surface area contributed by atoms with Crippen LogP contribution in [0.4, 0.5) is 4.79 Å². The number of nitrogens with one attached hydrogen (secondary N) is 1. The van der Waals surface area contributed by atoms with Crippen molar-refractivity contribution in [3.8, 4) is 0 Å². The minimum absolute atomic E-state index is 0. The Bertz CT molecular complexity index is 574. The normalized spacial score (nSPS) is 18.4. The number of halogens is 1. The summed E-state index contributed by atoms with van der Waals surface area (Å²) in [5.74, 6) is -0.305. The van der Waals surface area contributed by atoms with Gasteiger partial charge in [0.25, 0.3) is 0 Å². The lowest BCUT2D eigenvalue weighted by molar-refractivity contribution is -0.157. The van der Waals surface area contributed by atoms with Crippen LogP contribution in [0.25, 0.3) is 0 Å². The van der Waals surface area contributed by atoms with Crippen molar-refractivity contribution in [3.05, 3.63) is 35.9 Å². The van der Waals surface area contributed by atoms with Crippen LogP contribution >= 0.6 is 12.4 Å². The van der Waals surface area contributed by atoms with Crippen LogP contribution in [0.3, 0.4) is 0 Å². The number of amides is 1. The lowest BCUT2D eigenvalue weighted by Gasteiger charge is -2.26. The molecule has 1 saturated heterocycles. The van der Waals surface area contributed by atoms with Crippen molar-refractivity contribution in [1.82, 2.24) is 10.2 Å². The van der Waals surface area contributed by atoms with Gasteiger partial charge in [-0.3, -0.25) is 10.1 Å². The lowest BCUT2D eigenvalue weighted by atomic mass is 10.0. The summed E-state index contributed by atoms with van der Waals surface area (Å²) in [6.45, 7) is 6.40. The van der Waals surface area contributed by atoms with Crippen molar-refractivity contribution in [2.24, 2.45) is 0 Å². The fourth-order valence-electron chi connectivity index (χ4n) is 2.79. The van der Waals surface area contributed by atoms with Gasteiger partial charge in [0.15, 0.2) is 0 Å². The lowest BCUT2D eigenvalue weighted by Crippen LogP contribution is -2.48. The SMILES string of the molecule is CC(C)(C)OC(=O)[C@H](Cc1ccccc1)NC1CCN(C(=O)O)C1.Cl. The van der Waals surface area contributed by atoms with Crippen LogP contribution in [0.5, 0.6) is 0 Å². The molecule has 1 amide bonds. The van der Waals surface area contributed by atoms with E-state index >= 15 is 0 Å². The standard InChI is InChI=1S/C18H26N2O4.ClH/c1-18(2,3)24-16(21)15(11-13-7-5-4-6-8-13)19-14-9-10-20(12-14)17(22)23;/h4-8,14-15,19H,9-12H2,1-3H3,(H,22,23);1H/t14?,15-;/m0./s1. The quantitative estimate of drug-likeness (QED) is 0.779. The van der Waals surface area contributed by atoms with Crippen molar-refractivity contribution in [2.45, 2.75) is 51.3 Å². The van der Waals surface area contributed by atoms with E-state index in [1.54, 1.807) is 0 Å². The molecule has 0 spiro atoms. The van der Waals surface area contributed by atoms with E-state index in [0.29, 0.717) is 25.9 Å². The van der Waals surface area contributed by atoms with E-state index in [-0.39, 0.29) is 24.4 Å². The molecule has 0 radical (unpaired) electrons. The Morgan fingerprint density at radius 3 is 2.48 bits per heavy atom. The first kappa shape index (κ1) is 21.3. The molecule has 1 aliphatic rings. The van der Waals surface area contributed by atoms with Crippen LogP contribution in [-0.2, 0) is 16.0 Å². The van der Waals surface area contributed by atoms with Gasteiger partial charge in [-0.25, -0.2) is 4.79 Å². The first-order chi connectivity index (χ1) is 11.2. The van der Waals surface area contributed by atoms with Gasteiger partial charge < -0.3 is 14.7 Å². The molecule has 25 heavy (non-hydrogen) atoms. The number of esters is 1. The molecule has 0 saturated carbocycles. The Morgan fingerprint density at radius 2 is 1.96 bits per heavy atom. The summed E-state index contributed by atoms with van der Waals surface area (Å²) >= 11 is 0. The van der Waals surface area contributed by atoms with E-state index < -0.39 is 17.7 Å².